The highest BCUT2D eigenvalue weighted by molar-refractivity contribution is 6.33. The van der Waals surface area contributed by atoms with Crippen LogP contribution < -0.4 is 5.32 Å². The van der Waals surface area contributed by atoms with E-state index in [1.54, 1.807) is 12.1 Å². The molecule has 4 heteroatoms. The van der Waals surface area contributed by atoms with E-state index in [1.807, 2.05) is 37.3 Å². The number of aromatic nitrogens is 1. The van der Waals surface area contributed by atoms with Gasteiger partial charge in [0, 0.05) is 17.6 Å². The molecule has 0 aliphatic rings. The van der Waals surface area contributed by atoms with Gasteiger partial charge >= 0.3 is 0 Å². The molecule has 0 radical (unpaired) electrons. The lowest BCUT2D eigenvalue weighted by Crippen LogP contribution is -2.02. The summed E-state index contributed by atoms with van der Waals surface area (Å²) in [6.45, 7) is 2.47. The summed E-state index contributed by atoms with van der Waals surface area (Å²) in [6, 6.07) is 14.7. The van der Waals surface area contributed by atoms with E-state index in [9.17, 15) is 4.39 Å². The van der Waals surface area contributed by atoms with Crippen LogP contribution in [0.5, 0.6) is 0 Å². The number of pyridine rings is 1. The molecule has 0 fully saturated rings. The Kier molecular flexibility index (Phi) is 3.76. The number of hydrogen-bond donors (Lipinski definition) is 1. The summed E-state index contributed by atoms with van der Waals surface area (Å²) in [5.74, 6) is -0.347. The number of para-hydroxylation sites is 1. The summed E-state index contributed by atoms with van der Waals surface area (Å²) in [6.07, 6.45) is 0. The zero-order chi connectivity index (χ0) is 14.8. The summed E-state index contributed by atoms with van der Waals surface area (Å²) in [7, 11) is 0. The van der Waals surface area contributed by atoms with Gasteiger partial charge in [-0.05, 0) is 42.8 Å². The Hall–Kier alpha value is -2.13. The molecule has 0 amide bonds. The highest BCUT2D eigenvalue weighted by Crippen LogP contribution is 2.25. The molecule has 3 rings (SSSR count). The number of hydrogen-bond acceptors (Lipinski definition) is 2. The first-order chi connectivity index (χ1) is 10.1. The van der Waals surface area contributed by atoms with Gasteiger partial charge in [-0.1, -0.05) is 29.8 Å². The fourth-order valence-corrected chi connectivity index (χ4v) is 2.47. The van der Waals surface area contributed by atoms with Crippen LogP contribution in [0.1, 0.15) is 11.3 Å². The molecule has 0 bridgehead atoms. The minimum absolute atomic E-state index is 0.335. The predicted octanol–water partition coefficient (Wildman–Crippen LogP) is 4.95. The molecule has 106 valence electrons. The fourth-order valence-electron chi connectivity index (χ4n) is 2.24. The van der Waals surface area contributed by atoms with Gasteiger partial charge < -0.3 is 5.32 Å². The lowest BCUT2D eigenvalue weighted by molar-refractivity contribution is 0.630. The zero-order valence-corrected chi connectivity index (χ0v) is 12.3. The molecule has 2 aromatic carbocycles. The molecule has 0 aliphatic carbocycles. The molecule has 3 aromatic rings. The minimum Gasteiger partial charge on any atom is -0.377 e. The Morgan fingerprint density at radius 3 is 2.81 bits per heavy atom. The van der Waals surface area contributed by atoms with Gasteiger partial charge in [0.05, 0.1) is 16.2 Å². The van der Waals surface area contributed by atoms with Crippen LogP contribution >= 0.6 is 11.6 Å². The smallest absolute Gasteiger partial charge is 0.147 e. The molecular formula is C17H14ClFN2. The number of anilines is 1. The molecule has 1 aromatic heterocycles. The SMILES string of the molecule is Cc1ccc2cc(CNc3c(F)cccc3Cl)ccc2n1. The lowest BCUT2D eigenvalue weighted by Gasteiger charge is -2.10. The maximum absolute atomic E-state index is 13.7. The summed E-state index contributed by atoms with van der Waals surface area (Å²) >= 11 is 6.00. The number of fused-ring (bicyclic) bond motifs is 1. The monoisotopic (exact) mass is 300 g/mol. The van der Waals surface area contributed by atoms with Gasteiger partial charge in [-0.3, -0.25) is 4.98 Å². The van der Waals surface area contributed by atoms with Crippen molar-refractivity contribution in [3.05, 3.63) is 70.6 Å². The van der Waals surface area contributed by atoms with Gasteiger partial charge in [-0.25, -0.2) is 4.39 Å². The van der Waals surface area contributed by atoms with Crippen molar-refractivity contribution in [2.45, 2.75) is 13.5 Å². The Bertz CT molecular complexity index is 782. The number of halogens is 2. The number of nitrogens with zero attached hydrogens (tertiary/aromatic N) is 1. The van der Waals surface area contributed by atoms with Crippen molar-refractivity contribution in [2.75, 3.05) is 5.32 Å². The van der Waals surface area contributed by atoms with E-state index >= 15 is 0 Å². The number of rotatable bonds is 3. The summed E-state index contributed by atoms with van der Waals surface area (Å²) in [5.41, 5.74) is 3.34. The first kappa shape index (κ1) is 13.8. The van der Waals surface area contributed by atoms with Gasteiger partial charge in [0.1, 0.15) is 5.82 Å². The summed E-state index contributed by atoms with van der Waals surface area (Å²) in [4.78, 5) is 4.46. The number of nitrogens with one attached hydrogen (secondary N) is 1. The predicted molar refractivity (Wildman–Crippen MR) is 85.2 cm³/mol. The largest absolute Gasteiger partial charge is 0.377 e. The third-order valence-electron chi connectivity index (χ3n) is 3.32. The van der Waals surface area contributed by atoms with Crippen LogP contribution in [0.3, 0.4) is 0 Å². The van der Waals surface area contributed by atoms with E-state index in [0.717, 1.165) is 22.2 Å². The van der Waals surface area contributed by atoms with Crippen LogP contribution in [-0.2, 0) is 6.54 Å². The molecule has 0 aliphatic heterocycles. The van der Waals surface area contributed by atoms with E-state index in [2.05, 4.69) is 10.3 Å². The van der Waals surface area contributed by atoms with E-state index in [1.165, 1.54) is 6.07 Å². The molecule has 0 saturated carbocycles. The quantitative estimate of drug-likeness (QED) is 0.740. The van der Waals surface area contributed by atoms with Crippen LogP contribution in [0.25, 0.3) is 10.9 Å². The molecule has 0 saturated heterocycles. The highest BCUT2D eigenvalue weighted by atomic mass is 35.5. The van der Waals surface area contributed by atoms with Crippen LogP contribution in [0.2, 0.25) is 5.02 Å². The molecule has 1 heterocycles. The Labute approximate surface area is 127 Å². The summed E-state index contributed by atoms with van der Waals surface area (Å²) in [5, 5.41) is 4.50. The molecule has 0 spiro atoms. The first-order valence-corrected chi connectivity index (χ1v) is 7.05. The molecule has 0 atom stereocenters. The number of benzene rings is 2. The second kappa shape index (κ2) is 5.70. The van der Waals surface area contributed by atoms with Crippen LogP contribution in [-0.4, -0.2) is 4.98 Å². The molecule has 2 nitrogen and oxygen atoms in total. The zero-order valence-electron chi connectivity index (χ0n) is 11.5. The average molecular weight is 301 g/mol. The van der Waals surface area contributed by atoms with Crippen molar-refractivity contribution in [3.63, 3.8) is 0 Å². The first-order valence-electron chi connectivity index (χ1n) is 6.68. The molecule has 21 heavy (non-hydrogen) atoms. The van der Waals surface area contributed by atoms with E-state index in [0.29, 0.717) is 17.3 Å². The van der Waals surface area contributed by atoms with Gasteiger partial charge in [0.15, 0.2) is 0 Å². The molecule has 0 unspecified atom stereocenters. The van der Waals surface area contributed by atoms with Crippen LogP contribution in [0, 0.1) is 12.7 Å². The second-order valence-corrected chi connectivity index (χ2v) is 5.34. The maximum Gasteiger partial charge on any atom is 0.147 e. The number of aryl methyl sites for hydroxylation is 1. The van der Waals surface area contributed by atoms with Gasteiger partial charge in [0.25, 0.3) is 0 Å². The van der Waals surface area contributed by atoms with Crippen molar-refractivity contribution in [2.24, 2.45) is 0 Å². The van der Waals surface area contributed by atoms with E-state index in [-0.39, 0.29) is 5.82 Å². The lowest BCUT2D eigenvalue weighted by atomic mass is 10.1. The highest BCUT2D eigenvalue weighted by Gasteiger charge is 2.06. The maximum atomic E-state index is 13.7. The Morgan fingerprint density at radius 2 is 2.00 bits per heavy atom. The average Bonchev–Trinajstić information content (AvgIpc) is 2.47. The third kappa shape index (κ3) is 2.98. The normalized spacial score (nSPS) is 10.8. The van der Waals surface area contributed by atoms with Crippen molar-refractivity contribution in [3.8, 4) is 0 Å². The molecular weight excluding hydrogens is 287 g/mol. The second-order valence-electron chi connectivity index (χ2n) is 4.93. The molecule has 1 N–H and O–H groups in total. The van der Waals surface area contributed by atoms with E-state index in [4.69, 9.17) is 11.6 Å². The standard InChI is InChI=1S/C17H14ClFN2/c1-11-5-7-13-9-12(6-8-16(13)21-11)10-20-17-14(18)3-2-4-15(17)19/h2-9,20H,10H2,1H3. The van der Waals surface area contributed by atoms with Crippen molar-refractivity contribution in [1.82, 2.24) is 4.98 Å². The van der Waals surface area contributed by atoms with Crippen molar-refractivity contribution < 1.29 is 4.39 Å². The fraction of sp³-hybridized carbons (Fsp3) is 0.118. The van der Waals surface area contributed by atoms with Crippen LogP contribution in [0.15, 0.2) is 48.5 Å². The van der Waals surface area contributed by atoms with Crippen molar-refractivity contribution in [1.29, 1.82) is 0 Å². The van der Waals surface area contributed by atoms with E-state index < -0.39 is 0 Å². The topological polar surface area (TPSA) is 24.9 Å². The van der Waals surface area contributed by atoms with Gasteiger partial charge in [-0.2, -0.15) is 0 Å². The van der Waals surface area contributed by atoms with Crippen molar-refractivity contribution >= 4 is 28.2 Å². The third-order valence-corrected chi connectivity index (χ3v) is 3.64. The minimum atomic E-state index is -0.347. The summed E-state index contributed by atoms with van der Waals surface area (Å²) < 4.78 is 13.7. The van der Waals surface area contributed by atoms with Gasteiger partial charge in [-0.15, -0.1) is 0 Å². The Balaban J connectivity index is 1.84. The van der Waals surface area contributed by atoms with Gasteiger partial charge in [0.2, 0.25) is 0 Å². The Morgan fingerprint density at radius 1 is 1.14 bits per heavy atom. The van der Waals surface area contributed by atoms with Crippen LogP contribution in [0.4, 0.5) is 10.1 Å².